The van der Waals surface area contributed by atoms with Crippen LogP contribution in [0.4, 0.5) is 13.2 Å². The molecule has 0 spiro atoms. The lowest BCUT2D eigenvalue weighted by molar-refractivity contribution is -0.137. The molecule has 35 heavy (non-hydrogen) atoms. The molecule has 0 saturated carbocycles. The third-order valence-electron chi connectivity index (χ3n) is 6.34. The van der Waals surface area contributed by atoms with Gasteiger partial charge in [-0.1, -0.05) is 18.2 Å². The highest BCUT2D eigenvalue weighted by Crippen LogP contribution is 2.43. The number of pyridine rings is 1. The van der Waals surface area contributed by atoms with Gasteiger partial charge in [-0.05, 0) is 74.1 Å². The molecule has 0 unspecified atom stereocenters. The first kappa shape index (κ1) is 23.2. The third kappa shape index (κ3) is 4.20. The molecule has 1 N–H and O–H groups in total. The molecule has 4 heterocycles. The summed E-state index contributed by atoms with van der Waals surface area (Å²) in [4.78, 5) is 6.55. The average Bonchev–Trinajstić information content (AvgIpc) is 3.53. The number of nitrogens with one attached hydrogen (secondary N) is 1. The molecule has 1 saturated heterocycles. The Labute approximate surface area is 206 Å². The molecule has 180 valence electrons. The lowest BCUT2D eigenvalue weighted by Gasteiger charge is -2.27. The van der Waals surface area contributed by atoms with Crippen LogP contribution in [0.15, 0.2) is 77.5 Å². The van der Waals surface area contributed by atoms with Crippen LogP contribution in [-0.2, 0) is 12.7 Å². The van der Waals surface area contributed by atoms with Crippen LogP contribution in [0.5, 0.6) is 0 Å². The van der Waals surface area contributed by atoms with Gasteiger partial charge in [-0.3, -0.25) is 4.98 Å². The summed E-state index contributed by atoms with van der Waals surface area (Å²) in [5, 5.41) is 3.91. The SMILES string of the molecule is Cc1cc([C@@H]2[C@@H](c3ccccn3)NC(=S)N2Cc2ccco2)c(C)n1-c1ccccc1C(F)(F)F. The smallest absolute Gasteiger partial charge is 0.418 e. The number of para-hydroxylation sites is 1. The Kier molecular flexibility index (Phi) is 5.88. The van der Waals surface area contributed by atoms with Crippen molar-refractivity contribution in [2.45, 2.75) is 38.7 Å². The number of hydrogen-bond acceptors (Lipinski definition) is 3. The summed E-state index contributed by atoms with van der Waals surface area (Å²) in [6.45, 7) is 4.07. The largest absolute Gasteiger partial charge is 0.467 e. The number of rotatable bonds is 5. The number of nitrogens with zero attached hydrogens (tertiary/aromatic N) is 3. The average molecular weight is 497 g/mol. The molecule has 1 aliphatic rings. The zero-order valence-corrected chi connectivity index (χ0v) is 19.9. The number of aromatic nitrogens is 2. The van der Waals surface area contributed by atoms with Crippen LogP contribution in [0.25, 0.3) is 5.69 Å². The van der Waals surface area contributed by atoms with E-state index < -0.39 is 11.7 Å². The minimum Gasteiger partial charge on any atom is -0.467 e. The van der Waals surface area contributed by atoms with Crippen molar-refractivity contribution in [1.82, 2.24) is 19.8 Å². The van der Waals surface area contributed by atoms with Crippen LogP contribution in [0.1, 0.15) is 46.1 Å². The summed E-state index contributed by atoms with van der Waals surface area (Å²) in [6, 6.07) is 16.3. The molecule has 0 radical (unpaired) electrons. The minimum atomic E-state index is -4.47. The van der Waals surface area contributed by atoms with Gasteiger partial charge >= 0.3 is 6.18 Å². The monoisotopic (exact) mass is 496 g/mol. The van der Waals surface area contributed by atoms with Crippen molar-refractivity contribution in [3.63, 3.8) is 0 Å². The maximum atomic E-state index is 13.8. The quantitative estimate of drug-likeness (QED) is 0.330. The standard InChI is InChI=1S/C26H23F3N4OS/c1-16-14-19(17(2)33(16)22-11-4-3-9-20(22)26(27,28)29)24-23(21-10-5-6-12-30-21)31-25(35)32(24)15-18-8-7-13-34-18/h3-14,23-24H,15H2,1-2H3,(H,31,35)/t23-,24-/m1/s1. The Hall–Kier alpha value is -3.59. The highest BCUT2D eigenvalue weighted by molar-refractivity contribution is 7.80. The molecular formula is C26H23F3N4OS. The third-order valence-corrected chi connectivity index (χ3v) is 6.70. The Balaban J connectivity index is 1.65. The molecule has 4 aromatic rings. The van der Waals surface area contributed by atoms with E-state index in [9.17, 15) is 13.2 Å². The van der Waals surface area contributed by atoms with Gasteiger partial charge in [0, 0.05) is 17.6 Å². The Morgan fingerprint density at radius 3 is 2.51 bits per heavy atom. The topological polar surface area (TPSA) is 46.2 Å². The molecule has 0 amide bonds. The van der Waals surface area contributed by atoms with Gasteiger partial charge < -0.3 is 19.2 Å². The summed E-state index contributed by atoms with van der Waals surface area (Å²) in [5.41, 5.74) is 2.49. The van der Waals surface area contributed by atoms with Gasteiger partial charge in [0.1, 0.15) is 5.76 Å². The molecule has 3 aromatic heterocycles. The molecule has 9 heteroatoms. The first-order valence-electron chi connectivity index (χ1n) is 11.1. The zero-order valence-electron chi connectivity index (χ0n) is 19.1. The number of halogens is 3. The van der Waals surface area contributed by atoms with Crippen LogP contribution >= 0.6 is 12.2 Å². The van der Waals surface area contributed by atoms with Gasteiger partial charge in [0.25, 0.3) is 0 Å². The van der Waals surface area contributed by atoms with Crippen molar-refractivity contribution in [3.8, 4) is 5.69 Å². The second kappa shape index (κ2) is 8.88. The molecule has 5 nitrogen and oxygen atoms in total. The fourth-order valence-electron chi connectivity index (χ4n) is 4.85. The van der Waals surface area contributed by atoms with Gasteiger partial charge in [0.15, 0.2) is 5.11 Å². The summed E-state index contributed by atoms with van der Waals surface area (Å²) in [6.07, 6.45) is -1.15. The van der Waals surface area contributed by atoms with Crippen molar-refractivity contribution in [1.29, 1.82) is 0 Å². The normalized spacial score (nSPS) is 18.2. The van der Waals surface area contributed by atoms with Crippen molar-refractivity contribution < 1.29 is 17.6 Å². The van der Waals surface area contributed by atoms with E-state index >= 15 is 0 Å². The number of alkyl halides is 3. The summed E-state index contributed by atoms with van der Waals surface area (Å²) in [7, 11) is 0. The Morgan fingerprint density at radius 2 is 1.83 bits per heavy atom. The molecular weight excluding hydrogens is 473 g/mol. The maximum absolute atomic E-state index is 13.8. The number of hydrogen-bond donors (Lipinski definition) is 1. The lowest BCUT2D eigenvalue weighted by Crippen LogP contribution is -2.29. The predicted molar refractivity (Wildman–Crippen MR) is 130 cm³/mol. The van der Waals surface area contributed by atoms with Crippen LogP contribution in [0.2, 0.25) is 0 Å². The van der Waals surface area contributed by atoms with Gasteiger partial charge in [-0.2, -0.15) is 13.2 Å². The Morgan fingerprint density at radius 1 is 1.06 bits per heavy atom. The van der Waals surface area contributed by atoms with Crippen molar-refractivity contribution >= 4 is 17.3 Å². The molecule has 0 aliphatic carbocycles. The van der Waals surface area contributed by atoms with E-state index in [1.165, 1.54) is 12.1 Å². The first-order valence-corrected chi connectivity index (χ1v) is 11.5. The van der Waals surface area contributed by atoms with E-state index in [1.54, 1.807) is 23.1 Å². The zero-order chi connectivity index (χ0) is 24.7. The molecule has 1 aliphatic heterocycles. The Bertz CT molecular complexity index is 1350. The molecule has 2 atom stereocenters. The van der Waals surface area contributed by atoms with Gasteiger partial charge in [0.05, 0.1) is 41.8 Å². The number of aryl methyl sites for hydroxylation is 1. The first-order chi connectivity index (χ1) is 16.8. The summed E-state index contributed by atoms with van der Waals surface area (Å²) < 4.78 is 48.8. The van der Waals surface area contributed by atoms with Crippen LogP contribution in [-0.4, -0.2) is 19.6 Å². The number of furan rings is 1. The lowest BCUT2D eigenvalue weighted by atomic mass is 9.96. The molecule has 5 rings (SSSR count). The van der Waals surface area contributed by atoms with Crippen LogP contribution in [0, 0.1) is 13.8 Å². The second-order valence-electron chi connectivity index (χ2n) is 8.51. The fourth-order valence-corrected chi connectivity index (χ4v) is 5.16. The van der Waals surface area contributed by atoms with Crippen molar-refractivity contribution in [2.75, 3.05) is 0 Å². The van der Waals surface area contributed by atoms with Gasteiger partial charge in [-0.25, -0.2) is 0 Å². The molecule has 1 aromatic carbocycles. The fraction of sp³-hybridized carbons (Fsp3) is 0.231. The number of thiocarbonyl (C=S) groups is 1. The van der Waals surface area contributed by atoms with E-state index in [0.29, 0.717) is 23.0 Å². The van der Waals surface area contributed by atoms with Gasteiger partial charge in [0.2, 0.25) is 0 Å². The summed E-state index contributed by atoms with van der Waals surface area (Å²) in [5.74, 6) is 0.733. The second-order valence-corrected chi connectivity index (χ2v) is 8.90. The summed E-state index contributed by atoms with van der Waals surface area (Å²) >= 11 is 5.70. The van der Waals surface area contributed by atoms with Crippen LogP contribution in [0.3, 0.4) is 0 Å². The predicted octanol–water partition coefficient (Wildman–Crippen LogP) is 6.27. The molecule has 1 fully saturated rings. The van der Waals surface area contributed by atoms with E-state index in [0.717, 1.165) is 23.1 Å². The maximum Gasteiger partial charge on any atom is 0.418 e. The highest BCUT2D eigenvalue weighted by atomic mass is 32.1. The van der Waals surface area contributed by atoms with E-state index in [4.69, 9.17) is 16.6 Å². The minimum absolute atomic E-state index is 0.0988. The molecule has 0 bridgehead atoms. The van der Waals surface area contributed by atoms with E-state index in [1.807, 2.05) is 55.1 Å². The van der Waals surface area contributed by atoms with Gasteiger partial charge in [-0.15, -0.1) is 0 Å². The van der Waals surface area contributed by atoms with Crippen LogP contribution < -0.4 is 5.32 Å². The number of benzene rings is 1. The van der Waals surface area contributed by atoms with E-state index in [-0.39, 0.29) is 17.8 Å². The van der Waals surface area contributed by atoms with Crippen molar-refractivity contribution in [3.05, 3.63) is 107 Å². The highest BCUT2D eigenvalue weighted by Gasteiger charge is 2.42. The van der Waals surface area contributed by atoms with Crippen molar-refractivity contribution in [2.24, 2.45) is 0 Å². The van der Waals surface area contributed by atoms with E-state index in [2.05, 4.69) is 10.3 Å².